The minimum atomic E-state index is -0.908. The van der Waals surface area contributed by atoms with Crippen LogP contribution in [0.5, 0.6) is 0 Å². The number of benzene rings is 3. The third-order valence-corrected chi connectivity index (χ3v) is 6.52. The third kappa shape index (κ3) is 3.56. The number of hydrogen-bond acceptors (Lipinski definition) is 5. The molecule has 0 aliphatic carbocycles. The zero-order chi connectivity index (χ0) is 23.3. The van der Waals surface area contributed by atoms with E-state index in [4.69, 9.17) is 16.4 Å². The largest absolute Gasteiger partial charge is 0.378 e. The third-order valence-electron chi connectivity index (χ3n) is 6.29. The minimum absolute atomic E-state index is 0.287. The van der Waals surface area contributed by atoms with Crippen molar-refractivity contribution in [2.24, 2.45) is 5.92 Å². The van der Waals surface area contributed by atoms with E-state index >= 15 is 0 Å². The van der Waals surface area contributed by atoms with E-state index in [-0.39, 0.29) is 11.8 Å². The van der Waals surface area contributed by atoms with Crippen molar-refractivity contribution >= 4 is 40.5 Å². The first-order valence-electron chi connectivity index (χ1n) is 10.8. The Labute approximate surface area is 197 Å². The number of aryl methyl sites for hydroxylation is 1. The molecule has 2 aliphatic heterocycles. The number of imide groups is 1. The highest BCUT2D eigenvalue weighted by Crippen LogP contribution is 2.48. The summed E-state index contributed by atoms with van der Waals surface area (Å²) in [6, 6.07) is 22.1. The van der Waals surface area contributed by atoms with Crippen LogP contribution >= 0.6 is 11.6 Å². The van der Waals surface area contributed by atoms with Crippen molar-refractivity contribution in [2.45, 2.75) is 19.1 Å². The van der Waals surface area contributed by atoms with Crippen LogP contribution in [-0.4, -0.2) is 32.0 Å². The number of hydrogen-bond donors (Lipinski definition) is 0. The summed E-state index contributed by atoms with van der Waals surface area (Å²) in [6.45, 7) is 1.99. The summed E-state index contributed by atoms with van der Waals surface area (Å²) in [5.41, 5.74) is 4.25. The molecule has 2 heterocycles. The number of halogens is 1. The summed E-state index contributed by atoms with van der Waals surface area (Å²) in [4.78, 5) is 36.5. The molecule has 2 amide bonds. The van der Waals surface area contributed by atoms with Crippen LogP contribution < -0.4 is 14.9 Å². The molecule has 0 N–H and O–H groups in total. The molecule has 168 valence electrons. The van der Waals surface area contributed by atoms with Gasteiger partial charge in [0.2, 0.25) is 5.91 Å². The lowest BCUT2D eigenvalue weighted by Crippen LogP contribution is -2.37. The van der Waals surface area contributed by atoms with Crippen molar-refractivity contribution in [3.63, 3.8) is 0 Å². The molecule has 0 aromatic heterocycles. The van der Waals surface area contributed by atoms with Gasteiger partial charge in [0.1, 0.15) is 5.92 Å². The zero-order valence-corrected chi connectivity index (χ0v) is 19.4. The molecule has 5 rings (SSSR count). The number of carbonyl (C=O) groups excluding carboxylic acids is 2. The molecular formula is C26H24ClN3O3. The van der Waals surface area contributed by atoms with E-state index in [0.717, 1.165) is 22.5 Å². The van der Waals surface area contributed by atoms with Gasteiger partial charge in [0, 0.05) is 24.8 Å². The number of hydroxylamine groups is 1. The number of fused-ring (bicyclic) bond motifs is 1. The van der Waals surface area contributed by atoms with E-state index in [9.17, 15) is 9.59 Å². The summed E-state index contributed by atoms with van der Waals surface area (Å²) in [7, 11) is 3.96. The van der Waals surface area contributed by atoms with E-state index < -0.39 is 18.1 Å². The predicted molar refractivity (Wildman–Crippen MR) is 129 cm³/mol. The summed E-state index contributed by atoms with van der Waals surface area (Å²) in [5, 5.41) is 2.20. The Morgan fingerprint density at radius 3 is 2.30 bits per heavy atom. The topological polar surface area (TPSA) is 53.1 Å². The maximum Gasteiger partial charge on any atom is 0.266 e. The van der Waals surface area contributed by atoms with E-state index in [2.05, 4.69) is 0 Å². The van der Waals surface area contributed by atoms with Crippen LogP contribution in [0, 0.1) is 12.8 Å². The molecule has 3 aromatic carbocycles. The number of anilines is 3. The Morgan fingerprint density at radius 2 is 1.64 bits per heavy atom. The SMILES string of the molecule is Cc1ccccc1N1OC2C(=O)N(c3cccc(Cl)c3)C(=O)C2C1c1ccc(N(C)C)cc1. The van der Waals surface area contributed by atoms with Gasteiger partial charge in [-0.3, -0.25) is 14.4 Å². The second kappa shape index (κ2) is 8.21. The monoisotopic (exact) mass is 461 g/mol. The van der Waals surface area contributed by atoms with Crippen molar-refractivity contribution in [3.8, 4) is 0 Å². The lowest BCUT2D eigenvalue weighted by Gasteiger charge is -2.30. The lowest BCUT2D eigenvalue weighted by atomic mass is 9.90. The number of nitrogens with zero attached hydrogens (tertiary/aromatic N) is 3. The van der Waals surface area contributed by atoms with E-state index in [0.29, 0.717) is 10.7 Å². The average Bonchev–Trinajstić information content (AvgIpc) is 3.30. The molecular weight excluding hydrogens is 438 g/mol. The van der Waals surface area contributed by atoms with E-state index in [1.807, 2.05) is 74.4 Å². The fourth-order valence-corrected chi connectivity index (χ4v) is 4.80. The first-order chi connectivity index (χ1) is 15.9. The molecule has 33 heavy (non-hydrogen) atoms. The minimum Gasteiger partial charge on any atom is -0.378 e. The van der Waals surface area contributed by atoms with Gasteiger partial charge in [-0.1, -0.05) is 48.0 Å². The summed E-state index contributed by atoms with van der Waals surface area (Å²) >= 11 is 6.13. The van der Waals surface area contributed by atoms with Gasteiger partial charge >= 0.3 is 0 Å². The molecule has 3 aromatic rings. The lowest BCUT2D eigenvalue weighted by molar-refractivity contribution is -0.126. The quantitative estimate of drug-likeness (QED) is 0.524. The number of rotatable bonds is 4. The molecule has 0 bridgehead atoms. The maximum absolute atomic E-state index is 13.7. The Morgan fingerprint density at radius 1 is 0.909 bits per heavy atom. The van der Waals surface area contributed by atoms with Gasteiger partial charge in [-0.25, -0.2) is 9.96 Å². The van der Waals surface area contributed by atoms with Gasteiger partial charge < -0.3 is 4.90 Å². The van der Waals surface area contributed by atoms with Crippen molar-refractivity contribution in [1.82, 2.24) is 0 Å². The van der Waals surface area contributed by atoms with Crippen molar-refractivity contribution in [2.75, 3.05) is 29.0 Å². The smallest absolute Gasteiger partial charge is 0.266 e. The van der Waals surface area contributed by atoms with Crippen molar-refractivity contribution in [1.29, 1.82) is 0 Å². The van der Waals surface area contributed by atoms with E-state index in [1.165, 1.54) is 4.90 Å². The molecule has 2 fully saturated rings. The highest BCUT2D eigenvalue weighted by atomic mass is 35.5. The fourth-order valence-electron chi connectivity index (χ4n) is 4.61. The van der Waals surface area contributed by atoms with Crippen molar-refractivity contribution in [3.05, 3.63) is 88.9 Å². The van der Waals surface area contributed by atoms with Gasteiger partial charge in [0.25, 0.3) is 5.91 Å². The standard InChI is InChI=1S/C26H24ClN3O3/c1-16-7-4-5-10-21(16)30-23(17-11-13-19(14-12-17)28(2)3)22-24(33-30)26(32)29(25(22)31)20-9-6-8-18(27)15-20/h4-15,22-24H,1-3H3. The second-order valence-corrected chi connectivity index (χ2v) is 9.02. The molecule has 2 saturated heterocycles. The summed E-state index contributed by atoms with van der Waals surface area (Å²) in [6.07, 6.45) is -0.908. The number of amides is 2. The van der Waals surface area contributed by atoms with Crippen LogP contribution in [0.4, 0.5) is 17.1 Å². The van der Waals surface area contributed by atoms with Gasteiger partial charge in [0.05, 0.1) is 17.4 Å². The molecule has 2 aliphatic rings. The predicted octanol–water partition coefficient (Wildman–Crippen LogP) is 4.77. The molecule has 7 heteroatoms. The first kappa shape index (κ1) is 21.5. The summed E-state index contributed by atoms with van der Waals surface area (Å²) < 4.78 is 0. The molecule has 0 spiro atoms. The van der Waals surface area contributed by atoms with Gasteiger partial charge in [-0.15, -0.1) is 0 Å². The first-order valence-corrected chi connectivity index (χ1v) is 11.2. The Bertz CT molecular complexity index is 1230. The molecule has 0 saturated carbocycles. The molecule has 3 unspecified atom stereocenters. The maximum atomic E-state index is 13.7. The second-order valence-electron chi connectivity index (χ2n) is 8.59. The van der Waals surface area contributed by atoms with Gasteiger partial charge in [-0.2, -0.15) is 0 Å². The van der Waals surface area contributed by atoms with Crippen LogP contribution in [0.1, 0.15) is 17.2 Å². The summed E-state index contributed by atoms with van der Waals surface area (Å²) in [5.74, 6) is -1.34. The van der Waals surface area contributed by atoms with E-state index in [1.54, 1.807) is 29.3 Å². The van der Waals surface area contributed by atoms with Crippen LogP contribution in [0.15, 0.2) is 72.8 Å². The zero-order valence-electron chi connectivity index (χ0n) is 18.6. The normalized spacial score (nSPS) is 22.1. The fraction of sp³-hybridized carbons (Fsp3) is 0.231. The number of para-hydroxylation sites is 1. The van der Waals surface area contributed by atoms with Gasteiger partial charge in [-0.05, 0) is 54.4 Å². The van der Waals surface area contributed by atoms with Crippen LogP contribution in [0.3, 0.4) is 0 Å². The van der Waals surface area contributed by atoms with Crippen molar-refractivity contribution < 1.29 is 14.4 Å². The molecule has 0 radical (unpaired) electrons. The van der Waals surface area contributed by atoms with Crippen LogP contribution in [0.25, 0.3) is 0 Å². The Hall–Kier alpha value is -3.35. The highest BCUT2D eigenvalue weighted by molar-refractivity contribution is 6.31. The molecule has 6 nitrogen and oxygen atoms in total. The van der Waals surface area contributed by atoms with Gasteiger partial charge in [0.15, 0.2) is 6.10 Å². The molecule has 3 atom stereocenters. The number of carbonyl (C=O) groups is 2. The average molecular weight is 462 g/mol. The van der Waals surface area contributed by atoms with Crippen LogP contribution in [-0.2, 0) is 14.4 Å². The Balaban J connectivity index is 1.59. The Kier molecular flexibility index (Phi) is 5.35. The highest BCUT2D eigenvalue weighted by Gasteiger charge is 2.60. The van der Waals surface area contributed by atoms with Crippen LogP contribution in [0.2, 0.25) is 5.02 Å².